The van der Waals surface area contributed by atoms with E-state index in [4.69, 9.17) is 4.74 Å². The molecule has 2 aromatic rings. The van der Waals surface area contributed by atoms with Crippen molar-refractivity contribution in [2.24, 2.45) is 0 Å². The van der Waals surface area contributed by atoms with Gasteiger partial charge in [-0.05, 0) is 29.8 Å². The molecule has 2 aromatic carbocycles. The van der Waals surface area contributed by atoms with E-state index in [0.29, 0.717) is 5.56 Å². The lowest BCUT2D eigenvalue weighted by Gasteiger charge is -2.07. The van der Waals surface area contributed by atoms with Gasteiger partial charge in [0.1, 0.15) is 5.75 Å². The third-order valence-electron chi connectivity index (χ3n) is 2.90. The number of amides is 1. The highest BCUT2D eigenvalue weighted by molar-refractivity contribution is 7.86. The third-order valence-corrected chi connectivity index (χ3v) is 3.74. The third kappa shape index (κ3) is 4.74. The van der Waals surface area contributed by atoms with E-state index in [2.05, 4.69) is 5.32 Å². The van der Waals surface area contributed by atoms with Gasteiger partial charge in [0.05, 0.1) is 9.82 Å². The number of hydrogen-bond acceptors (Lipinski definition) is 6. The minimum atomic E-state index is -4.76. The standard InChI is InChI=1S/C14H11FN2O6S/c15-24(21,22)13-7-1-10(2-8-13)9-16-14(18)23-12-5-3-11(4-6-12)17(19)20/h1-8H,9H2,(H,16,18). The van der Waals surface area contributed by atoms with Crippen LogP contribution >= 0.6 is 0 Å². The van der Waals surface area contributed by atoms with Crippen LogP contribution in [0.4, 0.5) is 14.4 Å². The van der Waals surface area contributed by atoms with Crippen molar-refractivity contribution in [3.8, 4) is 5.75 Å². The maximum absolute atomic E-state index is 12.7. The molecule has 24 heavy (non-hydrogen) atoms. The van der Waals surface area contributed by atoms with Crippen molar-refractivity contribution in [2.75, 3.05) is 0 Å². The summed E-state index contributed by atoms with van der Waals surface area (Å²) in [6.45, 7) is 0.0262. The molecule has 0 aliphatic carbocycles. The van der Waals surface area contributed by atoms with Crippen LogP contribution in [0.25, 0.3) is 0 Å². The van der Waals surface area contributed by atoms with E-state index >= 15 is 0 Å². The molecular formula is C14H11FN2O6S. The van der Waals surface area contributed by atoms with Gasteiger partial charge < -0.3 is 10.1 Å². The monoisotopic (exact) mass is 354 g/mol. The van der Waals surface area contributed by atoms with E-state index in [-0.39, 0.29) is 18.0 Å². The molecule has 0 heterocycles. The van der Waals surface area contributed by atoms with E-state index in [1.807, 2.05) is 0 Å². The fraction of sp³-hybridized carbons (Fsp3) is 0.0714. The number of halogens is 1. The Morgan fingerprint density at radius 1 is 1.12 bits per heavy atom. The minimum absolute atomic E-state index is 0.0262. The Kier molecular flexibility index (Phi) is 5.09. The molecule has 8 nitrogen and oxygen atoms in total. The molecule has 126 valence electrons. The number of hydrogen-bond donors (Lipinski definition) is 1. The predicted octanol–water partition coefficient (Wildman–Crippen LogP) is 2.54. The number of carbonyl (C=O) groups is 1. The number of carbonyl (C=O) groups excluding carboxylic acids is 1. The van der Waals surface area contributed by atoms with E-state index in [1.165, 1.54) is 36.4 Å². The molecule has 0 bridgehead atoms. The number of nitro benzene ring substituents is 1. The van der Waals surface area contributed by atoms with E-state index in [1.54, 1.807) is 0 Å². The first-order valence-corrected chi connectivity index (χ1v) is 7.88. The summed E-state index contributed by atoms with van der Waals surface area (Å²) in [5, 5.41) is 12.9. The zero-order chi connectivity index (χ0) is 17.7. The second-order valence-electron chi connectivity index (χ2n) is 4.58. The van der Waals surface area contributed by atoms with Crippen LogP contribution in [0.3, 0.4) is 0 Å². The molecule has 0 spiro atoms. The Bertz CT molecular complexity index is 850. The number of non-ortho nitro benzene ring substituents is 1. The smallest absolute Gasteiger partial charge is 0.410 e. The molecule has 0 saturated carbocycles. The summed E-state index contributed by atoms with van der Waals surface area (Å²) in [5.41, 5.74) is 0.397. The van der Waals surface area contributed by atoms with Crippen molar-refractivity contribution in [3.05, 3.63) is 64.2 Å². The largest absolute Gasteiger partial charge is 0.412 e. The van der Waals surface area contributed by atoms with Crippen LogP contribution in [0.2, 0.25) is 0 Å². The first-order chi connectivity index (χ1) is 11.3. The highest BCUT2D eigenvalue weighted by Gasteiger charge is 2.11. The van der Waals surface area contributed by atoms with Gasteiger partial charge >= 0.3 is 16.3 Å². The fourth-order valence-corrected chi connectivity index (χ4v) is 2.18. The lowest BCUT2D eigenvalue weighted by atomic mass is 10.2. The summed E-state index contributed by atoms with van der Waals surface area (Å²) in [6, 6.07) is 9.79. The van der Waals surface area contributed by atoms with Crippen molar-refractivity contribution in [3.63, 3.8) is 0 Å². The number of ether oxygens (including phenoxy) is 1. The highest BCUT2D eigenvalue weighted by atomic mass is 32.3. The molecule has 0 fully saturated rings. The Morgan fingerprint density at radius 2 is 1.71 bits per heavy atom. The predicted molar refractivity (Wildman–Crippen MR) is 80.7 cm³/mol. The van der Waals surface area contributed by atoms with Crippen LogP contribution in [-0.2, 0) is 16.8 Å². The first-order valence-electron chi connectivity index (χ1n) is 6.49. The number of benzene rings is 2. The molecule has 0 aliphatic heterocycles. The van der Waals surface area contributed by atoms with Gasteiger partial charge in [0.2, 0.25) is 0 Å². The van der Waals surface area contributed by atoms with Gasteiger partial charge in [-0.1, -0.05) is 12.1 Å². The van der Waals surface area contributed by atoms with Crippen LogP contribution < -0.4 is 10.1 Å². The van der Waals surface area contributed by atoms with Gasteiger partial charge in [0, 0.05) is 18.7 Å². The quantitative estimate of drug-likeness (QED) is 0.501. The molecule has 0 aromatic heterocycles. The van der Waals surface area contributed by atoms with Crippen molar-refractivity contribution >= 4 is 22.0 Å². The van der Waals surface area contributed by atoms with Gasteiger partial charge in [-0.25, -0.2) is 4.79 Å². The molecule has 0 radical (unpaired) electrons. The van der Waals surface area contributed by atoms with Gasteiger partial charge in [0.15, 0.2) is 0 Å². The second kappa shape index (κ2) is 7.04. The summed E-state index contributed by atoms with van der Waals surface area (Å²) < 4.78 is 39.0. The van der Waals surface area contributed by atoms with Crippen molar-refractivity contribution in [1.82, 2.24) is 5.32 Å². The van der Waals surface area contributed by atoms with E-state index in [0.717, 1.165) is 12.1 Å². The molecule has 0 saturated heterocycles. The normalized spacial score (nSPS) is 10.9. The average molecular weight is 354 g/mol. The van der Waals surface area contributed by atoms with Crippen molar-refractivity contribution in [1.29, 1.82) is 0 Å². The summed E-state index contributed by atoms with van der Waals surface area (Å²) >= 11 is 0. The minimum Gasteiger partial charge on any atom is -0.410 e. The fourth-order valence-electron chi connectivity index (χ4n) is 1.72. The first kappa shape index (κ1) is 17.3. The zero-order valence-corrected chi connectivity index (χ0v) is 12.8. The van der Waals surface area contributed by atoms with Crippen molar-refractivity contribution < 1.29 is 26.8 Å². The summed E-state index contributed by atoms with van der Waals surface area (Å²) in [4.78, 5) is 21.1. The molecule has 0 unspecified atom stereocenters. The van der Waals surface area contributed by atoms with Gasteiger partial charge in [-0.3, -0.25) is 10.1 Å². The van der Waals surface area contributed by atoms with Gasteiger partial charge in [0.25, 0.3) is 5.69 Å². The lowest BCUT2D eigenvalue weighted by molar-refractivity contribution is -0.384. The highest BCUT2D eigenvalue weighted by Crippen LogP contribution is 2.17. The molecule has 1 amide bonds. The summed E-state index contributed by atoms with van der Waals surface area (Å²) in [7, 11) is -4.76. The topological polar surface area (TPSA) is 116 Å². The summed E-state index contributed by atoms with van der Waals surface area (Å²) in [5.74, 6) is 0.122. The van der Waals surface area contributed by atoms with Crippen LogP contribution in [0.1, 0.15) is 5.56 Å². The van der Waals surface area contributed by atoms with Crippen LogP contribution in [0.5, 0.6) is 5.75 Å². The van der Waals surface area contributed by atoms with E-state index < -0.39 is 26.1 Å². The Morgan fingerprint density at radius 3 is 2.21 bits per heavy atom. The molecule has 10 heteroatoms. The summed E-state index contributed by atoms with van der Waals surface area (Å²) in [6.07, 6.45) is -0.800. The second-order valence-corrected chi connectivity index (χ2v) is 5.92. The number of nitro groups is 1. The molecule has 0 aliphatic rings. The molecule has 2 rings (SSSR count). The van der Waals surface area contributed by atoms with Crippen LogP contribution in [0.15, 0.2) is 53.4 Å². The van der Waals surface area contributed by atoms with Gasteiger partial charge in [-0.15, -0.1) is 3.89 Å². The molecule has 0 atom stereocenters. The zero-order valence-electron chi connectivity index (χ0n) is 12.0. The van der Waals surface area contributed by atoms with E-state index in [9.17, 15) is 27.2 Å². The average Bonchev–Trinajstić information content (AvgIpc) is 2.53. The maximum Gasteiger partial charge on any atom is 0.412 e. The van der Waals surface area contributed by atoms with Crippen LogP contribution in [0, 0.1) is 10.1 Å². The molecule has 1 N–H and O–H groups in total. The Hall–Kier alpha value is -3.01. The number of nitrogens with zero attached hydrogens (tertiary/aromatic N) is 1. The SMILES string of the molecule is O=C(NCc1ccc(S(=O)(=O)F)cc1)Oc1ccc([N+](=O)[O-])cc1. The van der Waals surface area contributed by atoms with Gasteiger partial charge in [-0.2, -0.15) is 8.42 Å². The Labute approximate surface area is 136 Å². The number of rotatable bonds is 5. The molecular weight excluding hydrogens is 343 g/mol. The number of nitrogens with one attached hydrogen (secondary N) is 1. The van der Waals surface area contributed by atoms with Crippen molar-refractivity contribution in [2.45, 2.75) is 11.4 Å². The maximum atomic E-state index is 12.7. The lowest BCUT2D eigenvalue weighted by Crippen LogP contribution is -2.26. The Balaban J connectivity index is 1.90. The van der Waals surface area contributed by atoms with Crippen LogP contribution in [-0.4, -0.2) is 19.4 Å².